The van der Waals surface area contributed by atoms with Crippen molar-refractivity contribution >= 4 is 23.4 Å². The second-order valence-electron chi connectivity index (χ2n) is 2.62. The van der Waals surface area contributed by atoms with E-state index in [9.17, 15) is 9.59 Å². The zero-order chi connectivity index (χ0) is 12.6. The number of carbonyl (C=O) groups is 2. The fourth-order valence-electron chi connectivity index (χ4n) is 0.759. The van der Waals surface area contributed by atoms with E-state index in [0.717, 1.165) is 0 Å². The monoisotopic (exact) mass is 226 g/mol. The Morgan fingerprint density at radius 1 is 1.12 bits per heavy atom. The molecule has 0 aliphatic rings. The molecule has 0 saturated carbocycles. The molecular formula is C8H14N6O2. The molecule has 0 fully saturated rings. The van der Waals surface area contributed by atoms with Crippen LogP contribution in [0.25, 0.3) is 0 Å². The van der Waals surface area contributed by atoms with Gasteiger partial charge in [-0.05, 0) is 18.2 Å². The van der Waals surface area contributed by atoms with Gasteiger partial charge in [0.15, 0.2) is 0 Å². The first-order valence-electron chi connectivity index (χ1n) is 4.13. The maximum absolute atomic E-state index is 10.4. The summed E-state index contributed by atoms with van der Waals surface area (Å²) in [6.45, 7) is 0. The third-order valence-corrected chi connectivity index (χ3v) is 1.30. The number of nitrogens with one attached hydrogen (secondary N) is 2. The van der Waals surface area contributed by atoms with Gasteiger partial charge in [-0.25, -0.2) is 15.4 Å². The number of nitrogen functional groups attached to an aromatic ring is 1. The Bertz CT molecular complexity index is 367. The van der Waals surface area contributed by atoms with Crippen LogP contribution in [0.1, 0.15) is 0 Å². The number of rotatable bonds is 1. The predicted molar refractivity (Wildman–Crippen MR) is 61.0 cm³/mol. The normalized spacial score (nSPS) is 8.31. The molecule has 0 aliphatic heterocycles. The van der Waals surface area contributed by atoms with E-state index < -0.39 is 12.1 Å². The minimum absolute atomic E-state index is 0.587. The van der Waals surface area contributed by atoms with Gasteiger partial charge in [-0.2, -0.15) is 0 Å². The Hall–Kier alpha value is -2.48. The lowest BCUT2D eigenvalue weighted by atomic mass is 10.3. The minimum Gasteiger partial charge on any atom is -0.399 e. The standard InChI is InChI=1S/C7H9N3O.CH5N3O/c8-5-2-1-3-6(4-5)10-7(9)11;2-1(5)4-3/h1-4H,8H2,(H3,9,10,11);3H2,(H3,2,4,5). The van der Waals surface area contributed by atoms with Crippen LogP contribution in [0.15, 0.2) is 24.3 Å². The van der Waals surface area contributed by atoms with Gasteiger partial charge in [0, 0.05) is 11.4 Å². The molecule has 0 radical (unpaired) electrons. The Kier molecular flexibility index (Phi) is 5.83. The van der Waals surface area contributed by atoms with Gasteiger partial charge < -0.3 is 22.5 Å². The summed E-state index contributed by atoms with van der Waals surface area (Å²) < 4.78 is 0. The summed E-state index contributed by atoms with van der Waals surface area (Å²) in [5.74, 6) is 4.45. The number of carbonyl (C=O) groups excluding carboxylic acids is 2. The van der Waals surface area contributed by atoms with Crippen LogP contribution < -0.4 is 33.8 Å². The molecular weight excluding hydrogens is 212 g/mol. The van der Waals surface area contributed by atoms with Gasteiger partial charge in [-0.1, -0.05) is 6.07 Å². The first kappa shape index (κ1) is 13.5. The van der Waals surface area contributed by atoms with Crippen molar-refractivity contribution in [3.63, 3.8) is 0 Å². The van der Waals surface area contributed by atoms with E-state index in [-0.39, 0.29) is 0 Å². The molecule has 8 heteroatoms. The quantitative estimate of drug-likeness (QED) is 0.161. The van der Waals surface area contributed by atoms with Crippen molar-refractivity contribution in [3.8, 4) is 0 Å². The lowest BCUT2D eigenvalue weighted by Crippen LogP contribution is -2.34. The number of benzene rings is 1. The summed E-state index contributed by atoms with van der Waals surface area (Å²) in [5.41, 5.74) is 17.6. The second-order valence-corrected chi connectivity index (χ2v) is 2.62. The number of hydrogen-bond acceptors (Lipinski definition) is 4. The van der Waals surface area contributed by atoms with E-state index in [0.29, 0.717) is 11.4 Å². The van der Waals surface area contributed by atoms with Crippen LogP contribution in [-0.2, 0) is 0 Å². The van der Waals surface area contributed by atoms with Gasteiger partial charge in [0.05, 0.1) is 0 Å². The molecule has 0 bridgehead atoms. The summed E-state index contributed by atoms with van der Waals surface area (Å²) in [5, 5.41) is 2.40. The lowest BCUT2D eigenvalue weighted by molar-refractivity contribution is 0.249. The first-order chi connectivity index (χ1) is 7.45. The highest BCUT2D eigenvalue weighted by molar-refractivity contribution is 5.88. The zero-order valence-corrected chi connectivity index (χ0v) is 8.44. The third kappa shape index (κ3) is 6.97. The van der Waals surface area contributed by atoms with E-state index in [1.807, 2.05) is 0 Å². The number of urea groups is 2. The number of nitrogens with two attached hydrogens (primary N) is 4. The molecule has 1 rings (SSSR count). The highest BCUT2D eigenvalue weighted by atomic mass is 16.2. The van der Waals surface area contributed by atoms with Crippen LogP contribution in [0.2, 0.25) is 0 Å². The van der Waals surface area contributed by atoms with Crippen molar-refractivity contribution in [3.05, 3.63) is 24.3 Å². The van der Waals surface area contributed by atoms with Crippen LogP contribution >= 0.6 is 0 Å². The second kappa shape index (κ2) is 6.90. The summed E-state index contributed by atoms with van der Waals surface area (Å²) in [7, 11) is 0. The highest BCUT2D eigenvalue weighted by Gasteiger charge is 1.94. The molecule has 1 aromatic rings. The SMILES string of the molecule is NC(=O)Nc1cccc(N)c1.NNC(N)=O. The molecule has 0 atom stereocenters. The largest absolute Gasteiger partial charge is 0.399 e. The maximum Gasteiger partial charge on any atom is 0.326 e. The molecule has 0 saturated heterocycles. The van der Waals surface area contributed by atoms with Crippen molar-refractivity contribution in [2.45, 2.75) is 0 Å². The van der Waals surface area contributed by atoms with Gasteiger partial charge in [0.1, 0.15) is 0 Å². The average Bonchev–Trinajstić information content (AvgIpc) is 2.17. The molecule has 0 heterocycles. The Balaban J connectivity index is 0.000000385. The first-order valence-corrected chi connectivity index (χ1v) is 4.13. The topological polar surface area (TPSA) is 162 Å². The minimum atomic E-state index is -0.718. The molecule has 0 spiro atoms. The third-order valence-electron chi connectivity index (χ3n) is 1.30. The molecule has 1 aromatic carbocycles. The molecule has 88 valence electrons. The lowest BCUT2D eigenvalue weighted by Gasteiger charge is -2.00. The van der Waals surface area contributed by atoms with Crippen molar-refractivity contribution < 1.29 is 9.59 Å². The van der Waals surface area contributed by atoms with E-state index in [1.165, 1.54) is 0 Å². The van der Waals surface area contributed by atoms with Crippen molar-refractivity contribution in [1.29, 1.82) is 0 Å². The predicted octanol–water partition coefficient (Wildman–Crippen LogP) is -0.712. The summed E-state index contributed by atoms with van der Waals surface area (Å²) >= 11 is 0. The van der Waals surface area contributed by atoms with Gasteiger partial charge in [-0.15, -0.1) is 0 Å². The number of amides is 4. The smallest absolute Gasteiger partial charge is 0.326 e. The summed E-state index contributed by atoms with van der Waals surface area (Å²) in [6.07, 6.45) is 0. The maximum atomic E-state index is 10.4. The Morgan fingerprint density at radius 2 is 1.69 bits per heavy atom. The van der Waals surface area contributed by atoms with Gasteiger partial charge in [0.2, 0.25) is 0 Å². The molecule has 0 aromatic heterocycles. The van der Waals surface area contributed by atoms with Crippen LogP contribution in [0.5, 0.6) is 0 Å². The number of primary amides is 2. The van der Waals surface area contributed by atoms with E-state index in [2.05, 4.69) is 16.9 Å². The Morgan fingerprint density at radius 3 is 2.06 bits per heavy atom. The van der Waals surface area contributed by atoms with Crippen molar-refractivity contribution in [1.82, 2.24) is 5.43 Å². The summed E-state index contributed by atoms with van der Waals surface area (Å²) in [6, 6.07) is 5.50. The molecule has 16 heavy (non-hydrogen) atoms. The Labute approximate surface area is 91.9 Å². The van der Waals surface area contributed by atoms with E-state index in [1.54, 1.807) is 29.7 Å². The van der Waals surface area contributed by atoms with Crippen LogP contribution in [0.4, 0.5) is 21.0 Å². The van der Waals surface area contributed by atoms with Crippen molar-refractivity contribution in [2.75, 3.05) is 11.1 Å². The van der Waals surface area contributed by atoms with Gasteiger partial charge >= 0.3 is 12.1 Å². The summed E-state index contributed by atoms with van der Waals surface area (Å²) in [4.78, 5) is 19.7. The molecule has 4 amide bonds. The molecule has 8 nitrogen and oxygen atoms in total. The van der Waals surface area contributed by atoms with Crippen molar-refractivity contribution in [2.24, 2.45) is 17.3 Å². The van der Waals surface area contributed by atoms with E-state index >= 15 is 0 Å². The number of anilines is 2. The van der Waals surface area contributed by atoms with Gasteiger partial charge in [0.25, 0.3) is 0 Å². The average molecular weight is 226 g/mol. The molecule has 0 unspecified atom stereocenters. The van der Waals surface area contributed by atoms with Gasteiger partial charge in [-0.3, -0.25) is 5.43 Å². The van der Waals surface area contributed by atoms with Crippen LogP contribution in [0, 0.1) is 0 Å². The number of hydrazine groups is 1. The fourth-order valence-corrected chi connectivity index (χ4v) is 0.759. The van der Waals surface area contributed by atoms with Crippen LogP contribution in [0.3, 0.4) is 0 Å². The van der Waals surface area contributed by atoms with Crippen LogP contribution in [-0.4, -0.2) is 12.1 Å². The zero-order valence-electron chi connectivity index (χ0n) is 8.44. The highest BCUT2D eigenvalue weighted by Crippen LogP contribution is 2.10. The number of hydrogen-bond donors (Lipinski definition) is 6. The fraction of sp³-hybridized carbons (Fsp3) is 0. The molecule has 10 N–H and O–H groups in total. The molecule has 0 aliphatic carbocycles. The van der Waals surface area contributed by atoms with E-state index in [4.69, 9.17) is 11.5 Å².